The van der Waals surface area contributed by atoms with E-state index in [0.717, 1.165) is 37.8 Å². The van der Waals surface area contributed by atoms with E-state index in [1.807, 2.05) is 0 Å². The van der Waals surface area contributed by atoms with Crippen molar-refractivity contribution in [1.82, 2.24) is 4.31 Å². The Kier molecular flexibility index (Phi) is 6.81. The topological polar surface area (TPSA) is 75.7 Å². The molecule has 2 aromatic rings. The Morgan fingerprint density at radius 2 is 1.76 bits per heavy atom. The van der Waals surface area contributed by atoms with Crippen LogP contribution in [-0.2, 0) is 14.8 Å². The molecule has 9 heteroatoms. The van der Waals surface area contributed by atoms with Gasteiger partial charge in [-0.3, -0.25) is 4.79 Å². The van der Waals surface area contributed by atoms with Crippen molar-refractivity contribution in [1.29, 1.82) is 0 Å². The summed E-state index contributed by atoms with van der Waals surface area (Å²) in [6.45, 7) is 0.456. The minimum Gasteiger partial charge on any atom is -0.481 e. The minimum atomic E-state index is -3.64. The lowest BCUT2D eigenvalue weighted by atomic mass is 10.2. The number of hydrogen-bond donors (Lipinski definition) is 1. The van der Waals surface area contributed by atoms with Gasteiger partial charge in [0.25, 0.3) is 5.91 Å². The second-order valence-electron chi connectivity index (χ2n) is 6.76. The minimum absolute atomic E-state index is 0.0997. The second kappa shape index (κ2) is 9.32. The largest absolute Gasteiger partial charge is 0.481 e. The summed E-state index contributed by atoms with van der Waals surface area (Å²) in [4.78, 5) is 12.2. The first-order valence-electron chi connectivity index (χ1n) is 9.34. The fourth-order valence-corrected chi connectivity index (χ4v) is 4.66. The fraction of sp³-hybridized carbons (Fsp3) is 0.350. The maximum atomic E-state index is 13.5. The molecule has 1 amide bonds. The van der Waals surface area contributed by atoms with Crippen molar-refractivity contribution in [2.45, 2.75) is 30.6 Å². The number of sulfonamides is 1. The highest BCUT2D eigenvalue weighted by Gasteiger charge is 2.25. The summed E-state index contributed by atoms with van der Waals surface area (Å²) in [5, 5.41) is 2.53. The SMILES string of the molecule is O=C(COc1ccc(F)cc1F)Nc1cccc(S(=O)(=O)N2CCCCCC2)c1. The van der Waals surface area contributed by atoms with E-state index in [1.165, 1.54) is 16.4 Å². The second-order valence-corrected chi connectivity index (χ2v) is 8.70. The van der Waals surface area contributed by atoms with Gasteiger partial charge in [0, 0.05) is 24.8 Å². The number of rotatable bonds is 6. The van der Waals surface area contributed by atoms with Gasteiger partial charge in [0.15, 0.2) is 18.2 Å². The number of anilines is 1. The monoisotopic (exact) mass is 424 g/mol. The van der Waals surface area contributed by atoms with Crippen LogP contribution in [-0.4, -0.2) is 38.3 Å². The Hall–Kier alpha value is -2.52. The molecule has 1 saturated heterocycles. The molecule has 0 saturated carbocycles. The lowest BCUT2D eigenvalue weighted by Gasteiger charge is -2.20. The molecule has 1 fully saturated rings. The maximum absolute atomic E-state index is 13.5. The Labute approximate surface area is 168 Å². The zero-order chi connectivity index (χ0) is 20.9. The van der Waals surface area contributed by atoms with Crippen molar-refractivity contribution in [2.24, 2.45) is 0 Å². The van der Waals surface area contributed by atoms with Gasteiger partial charge in [-0.2, -0.15) is 4.31 Å². The number of ether oxygens (including phenoxy) is 1. The molecule has 29 heavy (non-hydrogen) atoms. The third kappa shape index (κ3) is 5.51. The average Bonchev–Trinajstić information content (AvgIpc) is 2.97. The maximum Gasteiger partial charge on any atom is 0.262 e. The van der Waals surface area contributed by atoms with E-state index in [4.69, 9.17) is 4.74 Å². The third-order valence-corrected chi connectivity index (χ3v) is 6.47. The zero-order valence-electron chi connectivity index (χ0n) is 15.7. The van der Waals surface area contributed by atoms with E-state index in [2.05, 4.69) is 5.32 Å². The molecule has 1 aliphatic heterocycles. The molecule has 156 valence electrons. The van der Waals surface area contributed by atoms with Crippen LogP contribution in [0.3, 0.4) is 0 Å². The first-order chi connectivity index (χ1) is 13.9. The molecule has 0 unspecified atom stereocenters. The lowest BCUT2D eigenvalue weighted by Crippen LogP contribution is -2.32. The molecule has 1 N–H and O–H groups in total. The van der Waals surface area contributed by atoms with Crippen LogP contribution in [0.15, 0.2) is 47.4 Å². The first kappa shape index (κ1) is 21.2. The van der Waals surface area contributed by atoms with Crippen molar-refractivity contribution >= 4 is 21.6 Å². The standard InChI is InChI=1S/C20H22F2N2O4S/c21-15-8-9-19(18(22)12-15)28-14-20(25)23-16-6-5-7-17(13-16)29(26,27)24-10-3-1-2-4-11-24/h5-9,12-13H,1-4,10-11,14H2,(H,23,25). The molecule has 1 aliphatic rings. The van der Waals surface area contributed by atoms with Crippen LogP contribution in [0.1, 0.15) is 25.7 Å². The number of amides is 1. The normalized spacial score (nSPS) is 15.5. The van der Waals surface area contributed by atoms with Crippen LogP contribution in [0.2, 0.25) is 0 Å². The van der Waals surface area contributed by atoms with Gasteiger partial charge in [-0.1, -0.05) is 18.9 Å². The quantitative estimate of drug-likeness (QED) is 0.770. The van der Waals surface area contributed by atoms with Crippen LogP contribution in [0.4, 0.5) is 14.5 Å². The lowest BCUT2D eigenvalue weighted by molar-refractivity contribution is -0.118. The molecular weight excluding hydrogens is 402 g/mol. The summed E-state index contributed by atoms with van der Waals surface area (Å²) in [5.74, 6) is -2.51. The first-order valence-corrected chi connectivity index (χ1v) is 10.8. The van der Waals surface area contributed by atoms with Crippen molar-refractivity contribution in [3.8, 4) is 5.75 Å². The average molecular weight is 424 g/mol. The molecule has 0 bridgehead atoms. The van der Waals surface area contributed by atoms with Crippen molar-refractivity contribution < 1.29 is 26.7 Å². The summed E-state index contributed by atoms with van der Waals surface area (Å²) in [5.41, 5.74) is 0.286. The summed E-state index contributed by atoms with van der Waals surface area (Å²) < 4.78 is 58.7. The van der Waals surface area contributed by atoms with Gasteiger partial charge in [-0.05, 0) is 43.2 Å². The number of carbonyl (C=O) groups excluding carboxylic acids is 1. The van der Waals surface area contributed by atoms with Gasteiger partial charge in [-0.15, -0.1) is 0 Å². The predicted octanol–water partition coefficient (Wildman–Crippen LogP) is 3.55. The van der Waals surface area contributed by atoms with E-state index in [0.29, 0.717) is 19.2 Å². The number of halogens is 2. The van der Waals surface area contributed by atoms with Gasteiger partial charge in [-0.25, -0.2) is 17.2 Å². The number of nitrogens with one attached hydrogen (secondary N) is 1. The molecule has 0 aliphatic carbocycles. The molecular formula is C20H22F2N2O4S. The summed E-state index contributed by atoms with van der Waals surface area (Å²) >= 11 is 0. The number of benzene rings is 2. The molecule has 2 aromatic carbocycles. The zero-order valence-corrected chi connectivity index (χ0v) is 16.6. The molecule has 3 rings (SSSR count). The smallest absolute Gasteiger partial charge is 0.262 e. The summed E-state index contributed by atoms with van der Waals surface area (Å²) in [7, 11) is -3.64. The summed E-state index contributed by atoms with van der Waals surface area (Å²) in [6.07, 6.45) is 3.67. The molecule has 0 spiro atoms. The Morgan fingerprint density at radius 3 is 2.45 bits per heavy atom. The van der Waals surface area contributed by atoms with Crippen LogP contribution in [0.25, 0.3) is 0 Å². The number of hydrogen-bond acceptors (Lipinski definition) is 4. The van der Waals surface area contributed by atoms with Gasteiger partial charge in [0.1, 0.15) is 5.82 Å². The van der Waals surface area contributed by atoms with Crippen molar-refractivity contribution in [2.75, 3.05) is 25.0 Å². The van der Waals surface area contributed by atoms with Gasteiger partial charge < -0.3 is 10.1 Å². The van der Waals surface area contributed by atoms with Crippen LogP contribution in [0, 0.1) is 11.6 Å². The molecule has 1 heterocycles. The van der Waals surface area contributed by atoms with E-state index in [1.54, 1.807) is 12.1 Å². The van der Waals surface area contributed by atoms with Crippen molar-refractivity contribution in [3.63, 3.8) is 0 Å². The van der Waals surface area contributed by atoms with E-state index in [9.17, 15) is 22.0 Å². The number of carbonyl (C=O) groups is 1. The van der Waals surface area contributed by atoms with Crippen LogP contribution in [0.5, 0.6) is 5.75 Å². The van der Waals surface area contributed by atoms with Gasteiger partial charge in [0.05, 0.1) is 4.90 Å². The van der Waals surface area contributed by atoms with Crippen LogP contribution < -0.4 is 10.1 Å². The Balaban J connectivity index is 1.65. The Bertz CT molecular complexity index is 974. The third-order valence-electron chi connectivity index (χ3n) is 4.57. The highest BCUT2D eigenvalue weighted by atomic mass is 32.2. The molecule has 0 atom stereocenters. The van der Waals surface area contributed by atoms with E-state index in [-0.39, 0.29) is 16.3 Å². The molecule has 0 aromatic heterocycles. The Morgan fingerprint density at radius 1 is 1.03 bits per heavy atom. The van der Waals surface area contributed by atoms with E-state index < -0.39 is 34.2 Å². The van der Waals surface area contributed by atoms with Gasteiger partial charge >= 0.3 is 0 Å². The summed E-state index contributed by atoms with van der Waals surface area (Å²) in [6, 6.07) is 8.74. The molecule has 6 nitrogen and oxygen atoms in total. The van der Waals surface area contributed by atoms with E-state index >= 15 is 0 Å². The highest BCUT2D eigenvalue weighted by Crippen LogP contribution is 2.23. The number of nitrogens with zero attached hydrogens (tertiary/aromatic N) is 1. The highest BCUT2D eigenvalue weighted by molar-refractivity contribution is 7.89. The van der Waals surface area contributed by atoms with Gasteiger partial charge in [0.2, 0.25) is 10.0 Å². The molecule has 0 radical (unpaired) electrons. The fourth-order valence-electron chi connectivity index (χ4n) is 3.10. The van der Waals surface area contributed by atoms with Crippen LogP contribution >= 0.6 is 0 Å². The predicted molar refractivity (Wildman–Crippen MR) is 104 cm³/mol. The van der Waals surface area contributed by atoms with Crippen molar-refractivity contribution in [3.05, 3.63) is 54.1 Å².